The van der Waals surface area contributed by atoms with Crippen molar-refractivity contribution >= 4 is 18.0 Å². The second-order valence-electron chi connectivity index (χ2n) is 2.03. The summed E-state index contributed by atoms with van der Waals surface area (Å²) < 4.78 is 0. The van der Waals surface area contributed by atoms with Crippen LogP contribution in [0.4, 0.5) is 0 Å². The molecule has 1 rings (SSSR count). The first-order valence-electron chi connectivity index (χ1n) is 3.16. The van der Waals surface area contributed by atoms with Gasteiger partial charge in [0.25, 0.3) is 0 Å². The molecule has 51 valence electrons. The van der Waals surface area contributed by atoms with Crippen LogP contribution in [0.1, 0.15) is 12.8 Å². The molecule has 0 aromatic carbocycles. The van der Waals surface area contributed by atoms with E-state index in [0.717, 1.165) is 12.3 Å². The normalized spacial score (nSPS) is 29.1. The summed E-state index contributed by atoms with van der Waals surface area (Å²) in [6.45, 7) is 0.965. The molecule has 1 fully saturated rings. The minimum Gasteiger partial charge on any atom is -0.299 e. The monoisotopic (exact) mass is 144 g/mol. The number of nitrogens with one attached hydrogen (secondary N) is 1. The van der Waals surface area contributed by atoms with E-state index in [0.29, 0.717) is 0 Å². The third kappa shape index (κ3) is 2.37. The van der Waals surface area contributed by atoms with Gasteiger partial charge in [0, 0.05) is 0 Å². The molecule has 1 aliphatic rings. The van der Waals surface area contributed by atoms with Gasteiger partial charge in [0.05, 0.1) is 0 Å². The van der Waals surface area contributed by atoms with Crippen LogP contribution in [-0.2, 0) is 4.79 Å². The maximum atomic E-state index is 10.1. The van der Waals surface area contributed by atoms with Crippen molar-refractivity contribution in [3.05, 3.63) is 0 Å². The highest BCUT2D eigenvalue weighted by Gasteiger charge is 2.09. The van der Waals surface area contributed by atoms with E-state index in [1.807, 2.05) is 6.29 Å². The number of rotatable bonds is 1. The zero-order valence-corrected chi connectivity index (χ0v) is 6.04. The lowest BCUT2D eigenvalue weighted by Gasteiger charge is -2.03. The Kier molecular flexibility index (Phi) is 3.08. The van der Waals surface area contributed by atoms with Gasteiger partial charge in [-0.2, -0.15) is 0 Å². The van der Waals surface area contributed by atoms with Crippen LogP contribution >= 0.6 is 11.8 Å². The van der Waals surface area contributed by atoms with E-state index in [1.54, 1.807) is 11.8 Å². The second kappa shape index (κ2) is 3.90. The van der Waals surface area contributed by atoms with Crippen LogP contribution in [0.2, 0.25) is 0 Å². The van der Waals surface area contributed by atoms with Gasteiger partial charge in [0.2, 0.25) is 6.29 Å². The van der Waals surface area contributed by atoms with Crippen molar-refractivity contribution < 1.29 is 4.79 Å². The Balaban J connectivity index is 2.26. The fraction of sp³-hybridized carbons (Fsp3) is 0.833. The van der Waals surface area contributed by atoms with E-state index in [2.05, 4.69) is 5.32 Å². The van der Waals surface area contributed by atoms with Gasteiger partial charge in [-0.25, -0.2) is 0 Å². The molecular weight excluding hydrogens is 134 g/mol. The molecule has 1 saturated heterocycles. The summed E-state index contributed by atoms with van der Waals surface area (Å²) in [5.41, 5.74) is 0. The van der Waals surface area contributed by atoms with Crippen LogP contribution in [0.3, 0.4) is 0 Å². The summed E-state index contributed by atoms with van der Waals surface area (Å²) in [6.07, 6.45) is 4.35. The van der Waals surface area contributed by atoms with Crippen LogP contribution in [0.15, 0.2) is 0 Å². The number of thioether (sulfide) groups is 1. The molecule has 0 bridgehead atoms. The SMILES string of the molecule is O=[C]C1NCCCCS1. The van der Waals surface area contributed by atoms with Gasteiger partial charge in [-0.1, -0.05) is 0 Å². The highest BCUT2D eigenvalue weighted by atomic mass is 32.2. The van der Waals surface area contributed by atoms with Crippen LogP contribution in [-0.4, -0.2) is 24.0 Å². The Morgan fingerprint density at radius 1 is 1.56 bits per heavy atom. The first kappa shape index (κ1) is 7.09. The van der Waals surface area contributed by atoms with Gasteiger partial charge in [-0.05, 0) is 25.1 Å². The molecule has 1 radical (unpaired) electrons. The molecule has 1 heterocycles. The molecule has 0 aromatic rings. The third-order valence-electron chi connectivity index (χ3n) is 1.29. The van der Waals surface area contributed by atoms with E-state index in [4.69, 9.17) is 0 Å². The minimum atomic E-state index is -0.0625. The Morgan fingerprint density at radius 2 is 2.44 bits per heavy atom. The summed E-state index contributed by atoms with van der Waals surface area (Å²) in [5, 5.41) is 3.01. The van der Waals surface area contributed by atoms with Crippen molar-refractivity contribution in [3.8, 4) is 0 Å². The summed E-state index contributed by atoms with van der Waals surface area (Å²) >= 11 is 1.65. The molecule has 1 N–H and O–H groups in total. The summed E-state index contributed by atoms with van der Waals surface area (Å²) in [4.78, 5) is 10.1. The number of carbonyl (C=O) groups excluding carboxylic acids is 1. The molecule has 1 atom stereocenters. The Bertz CT molecular complexity index is 89.1. The number of hydrogen-bond donors (Lipinski definition) is 1. The quantitative estimate of drug-likeness (QED) is 0.582. The molecule has 0 spiro atoms. The van der Waals surface area contributed by atoms with Crippen LogP contribution in [0.25, 0.3) is 0 Å². The molecule has 1 unspecified atom stereocenters. The van der Waals surface area contributed by atoms with Gasteiger partial charge in [0.1, 0.15) is 5.37 Å². The van der Waals surface area contributed by atoms with Gasteiger partial charge in [-0.3, -0.25) is 10.1 Å². The van der Waals surface area contributed by atoms with Crippen LogP contribution < -0.4 is 5.32 Å². The molecule has 0 aromatic heterocycles. The minimum absolute atomic E-state index is 0.0625. The van der Waals surface area contributed by atoms with Crippen molar-refractivity contribution in [2.75, 3.05) is 12.3 Å². The van der Waals surface area contributed by atoms with Crippen molar-refractivity contribution in [2.45, 2.75) is 18.2 Å². The molecule has 9 heavy (non-hydrogen) atoms. The van der Waals surface area contributed by atoms with Crippen molar-refractivity contribution in [3.63, 3.8) is 0 Å². The molecule has 2 nitrogen and oxygen atoms in total. The molecule has 3 heteroatoms. The Labute approximate surface area is 59.4 Å². The molecule has 0 amide bonds. The van der Waals surface area contributed by atoms with E-state index < -0.39 is 0 Å². The van der Waals surface area contributed by atoms with Crippen molar-refractivity contribution in [1.29, 1.82) is 0 Å². The lowest BCUT2D eigenvalue weighted by atomic mass is 10.3. The lowest BCUT2D eigenvalue weighted by molar-refractivity contribution is 0.543. The van der Waals surface area contributed by atoms with Gasteiger partial charge >= 0.3 is 0 Å². The van der Waals surface area contributed by atoms with Crippen molar-refractivity contribution in [2.24, 2.45) is 0 Å². The van der Waals surface area contributed by atoms with E-state index in [9.17, 15) is 4.79 Å². The Hall–Kier alpha value is -0.0200. The summed E-state index contributed by atoms with van der Waals surface area (Å²) in [5.74, 6) is 1.09. The predicted octanol–water partition coefficient (Wildman–Crippen LogP) is 0.539. The first-order valence-corrected chi connectivity index (χ1v) is 4.21. The maximum absolute atomic E-state index is 10.1. The summed E-state index contributed by atoms with van der Waals surface area (Å²) in [7, 11) is 0. The first-order chi connectivity index (χ1) is 4.43. The standard InChI is InChI=1S/C6H10NOS/c8-5-6-7-3-1-2-4-9-6/h6-7H,1-4H2. The zero-order chi connectivity index (χ0) is 6.53. The number of hydrogen-bond acceptors (Lipinski definition) is 3. The van der Waals surface area contributed by atoms with E-state index in [-0.39, 0.29) is 5.37 Å². The van der Waals surface area contributed by atoms with E-state index >= 15 is 0 Å². The second-order valence-corrected chi connectivity index (χ2v) is 3.24. The predicted molar refractivity (Wildman–Crippen MR) is 39.2 cm³/mol. The van der Waals surface area contributed by atoms with Crippen LogP contribution in [0, 0.1) is 0 Å². The molecular formula is C6H10NOS. The average molecular weight is 144 g/mol. The van der Waals surface area contributed by atoms with E-state index in [1.165, 1.54) is 12.8 Å². The van der Waals surface area contributed by atoms with Gasteiger partial charge < -0.3 is 0 Å². The average Bonchev–Trinajstić information content (AvgIpc) is 2.13. The van der Waals surface area contributed by atoms with Gasteiger partial charge in [0.15, 0.2) is 0 Å². The largest absolute Gasteiger partial charge is 0.299 e. The topological polar surface area (TPSA) is 29.1 Å². The fourth-order valence-electron chi connectivity index (χ4n) is 0.796. The molecule has 0 aliphatic carbocycles. The lowest BCUT2D eigenvalue weighted by Crippen LogP contribution is -2.26. The van der Waals surface area contributed by atoms with Gasteiger partial charge in [-0.15, -0.1) is 11.8 Å². The highest BCUT2D eigenvalue weighted by Crippen LogP contribution is 2.12. The summed E-state index contributed by atoms with van der Waals surface area (Å²) in [6, 6.07) is 0. The Morgan fingerprint density at radius 3 is 3.22 bits per heavy atom. The fourth-order valence-corrected chi connectivity index (χ4v) is 1.71. The maximum Gasteiger partial charge on any atom is 0.228 e. The molecule has 0 saturated carbocycles. The smallest absolute Gasteiger partial charge is 0.228 e. The third-order valence-corrected chi connectivity index (χ3v) is 2.41. The zero-order valence-electron chi connectivity index (χ0n) is 5.22. The molecule has 1 aliphatic heterocycles. The van der Waals surface area contributed by atoms with Crippen molar-refractivity contribution in [1.82, 2.24) is 5.32 Å². The van der Waals surface area contributed by atoms with Crippen LogP contribution in [0.5, 0.6) is 0 Å². The highest BCUT2D eigenvalue weighted by molar-refractivity contribution is 8.00.